The van der Waals surface area contributed by atoms with Crippen molar-refractivity contribution < 1.29 is 12.8 Å². The molecule has 7 heteroatoms. The van der Waals surface area contributed by atoms with Crippen molar-refractivity contribution in [2.75, 3.05) is 19.6 Å². The van der Waals surface area contributed by atoms with Crippen molar-refractivity contribution in [2.45, 2.75) is 24.6 Å². The molecular weight excluding hydrogens is 315 g/mol. The summed E-state index contributed by atoms with van der Waals surface area (Å²) in [7, 11) is -3.30. The predicted octanol–water partition coefficient (Wildman–Crippen LogP) is 1.76. The molecule has 0 saturated carbocycles. The van der Waals surface area contributed by atoms with E-state index in [0.717, 1.165) is 19.4 Å². The molecule has 118 valence electrons. The Morgan fingerprint density at radius 1 is 1.24 bits per heavy atom. The Morgan fingerprint density at radius 3 is 2.67 bits per heavy atom. The second kappa shape index (κ2) is 6.60. The van der Waals surface area contributed by atoms with Crippen molar-refractivity contribution in [2.24, 2.45) is 5.92 Å². The topological polar surface area (TPSA) is 49.4 Å². The lowest BCUT2D eigenvalue weighted by atomic mass is 9.95. The Labute approximate surface area is 131 Å². The second-order valence-electron chi connectivity index (χ2n) is 5.64. The van der Waals surface area contributed by atoms with Gasteiger partial charge in [-0.25, -0.2) is 17.1 Å². The standard InChI is InChI=1S/C14H19FN2O2S.ClH/c15-13-3-1-11(2-4-13)10-20(18,19)17-8-6-14-12(9-17)5-7-16-14;/h1-4,12,14,16H,5-10H2;1H. The molecule has 0 bridgehead atoms. The number of nitrogens with zero attached hydrogens (tertiary/aromatic N) is 1. The van der Waals surface area contributed by atoms with Crippen LogP contribution in [-0.2, 0) is 15.8 Å². The normalized spacial score (nSPS) is 26.1. The smallest absolute Gasteiger partial charge is 0.218 e. The first kappa shape index (κ1) is 16.7. The van der Waals surface area contributed by atoms with Gasteiger partial charge in [0.05, 0.1) is 5.75 Å². The maximum atomic E-state index is 12.9. The van der Waals surface area contributed by atoms with Gasteiger partial charge in [-0.3, -0.25) is 0 Å². The average Bonchev–Trinajstić information content (AvgIpc) is 2.88. The maximum Gasteiger partial charge on any atom is 0.218 e. The van der Waals surface area contributed by atoms with Crippen LogP contribution in [0.2, 0.25) is 0 Å². The van der Waals surface area contributed by atoms with Crippen molar-refractivity contribution in [3.8, 4) is 0 Å². The van der Waals surface area contributed by atoms with Crippen LogP contribution in [0.5, 0.6) is 0 Å². The Kier molecular flexibility index (Phi) is 5.24. The Morgan fingerprint density at radius 2 is 1.95 bits per heavy atom. The van der Waals surface area contributed by atoms with Crippen molar-refractivity contribution in [1.82, 2.24) is 9.62 Å². The lowest BCUT2D eigenvalue weighted by Gasteiger charge is -2.34. The highest BCUT2D eigenvalue weighted by Gasteiger charge is 2.36. The highest BCUT2D eigenvalue weighted by molar-refractivity contribution is 7.88. The third-order valence-corrected chi connectivity index (χ3v) is 6.09. The number of benzene rings is 1. The van der Waals surface area contributed by atoms with Gasteiger partial charge < -0.3 is 5.32 Å². The third kappa shape index (κ3) is 3.74. The van der Waals surface area contributed by atoms with Gasteiger partial charge in [0.2, 0.25) is 10.0 Å². The van der Waals surface area contributed by atoms with Crippen molar-refractivity contribution >= 4 is 22.4 Å². The summed E-state index contributed by atoms with van der Waals surface area (Å²) in [6, 6.07) is 6.16. The molecule has 2 aliphatic heterocycles. The molecule has 1 aromatic carbocycles. The highest BCUT2D eigenvalue weighted by Crippen LogP contribution is 2.27. The number of hydrogen-bond acceptors (Lipinski definition) is 3. The van der Waals surface area contributed by atoms with E-state index in [4.69, 9.17) is 0 Å². The van der Waals surface area contributed by atoms with Crippen LogP contribution < -0.4 is 5.32 Å². The summed E-state index contributed by atoms with van der Waals surface area (Å²) in [4.78, 5) is 0. The summed E-state index contributed by atoms with van der Waals surface area (Å²) >= 11 is 0. The molecule has 0 spiro atoms. The number of hydrogen-bond donors (Lipinski definition) is 1. The Balaban J connectivity index is 0.00000161. The lowest BCUT2D eigenvalue weighted by Crippen LogP contribution is -2.47. The minimum atomic E-state index is -3.30. The molecule has 2 fully saturated rings. The van der Waals surface area contributed by atoms with Crippen LogP contribution in [0.15, 0.2) is 24.3 Å². The molecule has 1 aromatic rings. The van der Waals surface area contributed by atoms with E-state index in [1.54, 1.807) is 4.31 Å². The first-order chi connectivity index (χ1) is 9.54. The average molecular weight is 335 g/mol. The second-order valence-corrected chi connectivity index (χ2v) is 7.61. The van der Waals surface area contributed by atoms with Gasteiger partial charge in [-0.05, 0) is 43.0 Å². The van der Waals surface area contributed by atoms with Crippen molar-refractivity contribution in [3.63, 3.8) is 0 Å². The monoisotopic (exact) mass is 334 g/mol. The molecule has 2 aliphatic rings. The summed E-state index contributed by atoms with van der Waals surface area (Å²) in [5, 5.41) is 3.42. The van der Waals surface area contributed by atoms with E-state index >= 15 is 0 Å². The highest BCUT2D eigenvalue weighted by atomic mass is 35.5. The molecule has 2 atom stereocenters. The van der Waals surface area contributed by atoms with Crippen LogP contribution in [0.3, 0.4) is 0 Å². The fourth-order valence-corrected chi connectivity index (χ4v) is 4.75. The summed E-state index contributed by atoms with van der Waals surface area (Å²) < 4.78 is 39.3. The minimum Gasteiger partial charge on any atom is -0.314 e. The molecule has 0 amide bonds. The maximum absolute atomic E-state index is 12.9. The van der Waals surface area contributed by atoms with Crippen molar-refractivity contribution in [1.29, 1.82) is 0 Å². The minimum absolute atomic E-state index is 0. The zero-order chi connectivity index (χ0) is 14.2. The van der Waals surface area contributed by atoms with Crippen LogP contribution in [0.4, 0.5) is 4.39 Å². The fourth-order valence-electron chi connectivity index (χ4n) is 3.15. The summed E-state index contributed by atoms with van der Waals surface area (Å²) in [6.07, 6.45) is 1.93. The van der Waals surface area contributed by atoms with E-state index in [1.807, 2.05) is 0 Å². The molecule has 1 N–H and O–H groups in total. The Hall–Kier alpha value is -0.690. The number of halogens is 2. The van der Waals surface area contributed by atoms with E-state index < -0.39 is 10.0 Å². The number of fused-ring (bicyclic) bond motifs is 1. The quantitative estimate of drug-likeness (QED) is 0.916. The van der Waals surface area contributed by atoms with Crippen LogP contribution >= 0.6 is 12.4 Å². The molecule has 0 radical (unpaired) electrons. The lowest BCUT2D eigenvalue weighted by molar-refractivity contribution is 0.247. The largest absolute Gasteiger partial charge is 0.314 e. The molecule has 3 rings (SSSR count). The van der Waals surface area contributed by atoms with Gasteiger partial charge >= 0.3 is 0 Å². The van der Waals surface area contributed by atoms with Gasteiger partial charge in [-0.15, -0.1) is 12.4 Å². The molecule has 2 unspecified atom stereocenters. The molecule has 4 nitrogen and oxygen atoms in total. The van der Waals surface area contributed by atoms with Crippen molar-refractivity contribution in [3.05, 3.63) is 35.6 Å². The van der Waals surface area contributed by atoms with Crippen LogP contribution in [0, 0.1) is 11.7 Å². The van der Waals surface area contributed by atoms with Gasteiger partial charge in [0, 0.05) is 19.1 Å². The number of sulfonamides is 1. The number of rotatable bonds is 3. The van der Waals surface area contributed by atoms with Gasteiger partial charge in [0.25, 0.3) is 0 Å². The summed E-state index contributed by atoms with van der Waals surface area (Å²) in [5.41, 5.74) is 0.637. The first-order valence-electron chi connectivity index (χ1n) is 7.00. The van der Waals surface area contributed by atoms with Crippen LogP contribution in [-0.4, -0.2) is 38.4 Å². The third-order valence-electron chi connectivity index (χ3n) is 4.27. The molecular formula is C14H20ClFN2O2S. The molecule has 21 heavy (non-hydrogen) atoms. The molecule has 0 aliphatic carbocycles. The first-order valence-corrected chi connectivity index (χ1v) is 8.61. The number of piperidine rings is 1. The Bertz CT molecular complexity index is 579. The van der Waals surface area contributed by atoms with Gasteiger partial charge in [0.15, 0.2) is 0 Å². The van der Waals surface area contributed by atoms with Crippen LogP contribution in [0.25, 0.3) is 0 Å². The van der Waals surface area contributed by atoms with Gasteiger partial charge in [0.1, 0.15) is 5.82 Å². The fraction of sp³-hybridized carbons (Fsp3) is 0.571. The van der Waals surface area contributed by atoms with E-state index in [0.29, 0.717) is 30.6 Å². The van der Waals surface area contributed by atoms with E-state index in [1.165, 1.54) is 24.3 Å². The summed E-state index contributed by atoms with van der Waals surface area (Å²) in [5.74, 6) is 0.0497. The van der Waals surface area contributed by atoms with E-state index in [-0.39, 0.29) is 24.0 Å². The van der Waals surface area contributed by atoms with Gasteiger partial charge in [-0.2, -0.15) is 0 Å². The zero-order valence-electron chi connectivity index (χ0n) is 11.7. The van der Waals surface area contributed by atoms with E-state index in [2.05, 4.69) is 5.32 Å². The van der Waals surface area contributed by atoms with Crippen LogP contribution in [0.1, 0.15) is 18.4 Å². The van der Waals surface area contributed by atoms with Gasteiger partial charge in [-0.1, -0.05) is 12.1 Å². The molecule has 0 aromatic heterocycles. The molecule has 2 heterocycles. The molecule has 2 saturated heterocycles. The summed E-state index contributed by atoms with van der Waals surface area (Å²) in [6.45, 7) is 2.18. The SMILES string of the molecule is Cl.O=S(=O)(Cc1ccc(F)cc1)N1CCC2NCCC2C1. The van der Waals surface area contributed by atoms with E-state index in [9.17, 15) is 12.8 Å². The number of nitrogens with one attached hydrogen (secondary N) is 1. The zero-order valence-corrected chi connectivity index (χ0v) is 13.3. The predicted molar refractivity (Wildman–Crippen MR) is 82.4 cm³/mol.